The van der Waals surface area contributed by atoms with Gasteiger partial charge in [-0.15, -0.1) is 0 Å². The van der Waals surface area contributed by atoms with Crippen LogP contribution in [0.4, 0.5) is 17.5 Å². The van der Waals surface area contributed by atoms with Crippen LogP contribution in [0, 0.1) is 20.8 Å². The van der Waals surface area contributed by atoms with E-state index in [9.17, 15) is 63.2 Å². The van der Waals surface area contributed by atoms with Crippen LogP contribution >= 0.6 is 42.5 Å². The third-order valence-electron chi connectivity index (χ3n) is 23.4. The summed E-state index contributed by atoms with van der Waals surface area (Å²) in [4.78, 5) is 192. The maximum Gasteiger partial charge on any atom is 0.472 e. The van der Waals surface area contributed by atoms with Gasteiger partial charge in [-0.25, -0.2) is 63.4 Å². The average Bonchev–Trinajstić information content (AvgIpc) is 1.60. The van der Waals surface area contributed by atoms with Crippen molar-refractivity contribution >= 4 is 135 Å². The second kappa shape index (κ2) is 48.1. The van der Waals surface area contributed by atoms with Crippen LogP contribution < -0.4 is 62.0 Å². The lowest BCUT2D eigenvalue weighted by molar-refractivity contribution is -0.0841. The summed E-state index contributed by atoms with van der Waals surface area (Å²) in [6.45, 7) is -21.9. The minimum absolute atomic E-state index is 0.00610. The van der Waals surface area contributed by atoms with Gasteiger partial charge in [0.1, 0.15) is 139 Å². The number of phosphoric acid groups is 2. The standard InChI is InChI=1S/C73H106N22O41P6S4/c1-33-19-90(71(100)87-63(33)97)44-17-37(132-140(108,144)122-23-39-36(131-139(107,143)115-8)18-45(126-39)93-30-82-48-59(76)85-70(77)86-62(48)93)40(125-44)24-123-141(109,145)136-52-42(130-69(56(52)119-16-12-114-7)95-32-84-47-58(75)79-29-81-61(47)95)26-121-138(105,106)133-50-41(129-68(55(50)118-15-11-113-6)94-31-83-46-57(74)78-28-80-60(46)94)25-120-137(103,104)134-51-43(128-67(54(51)117-14-10-112-5)92-21-35(3)65(99)89-73(92)102)27-124-142(110,146)135-49-38(22-96)127-66(53(49)116-13-9-111-4)91-20-34(2)64(98)88-72(91)101/h19-21,28-32,36-45,49-56,59,66-69,96H,9-18,22-27,76H2,1-8H3,(H,103,104)(H,105,106)(H,107,143)(H,108,144)(H,109,145)(H,110,146)(H2,74,78,80)(H2,75,79,81)(H3,77,85,86)(H,87,97,100)(H,88,98,101)(H,89,99,102)/t36-,37-,38-,39-,40-,41-,42-,43-,44-,45-,49+,50+,51+,52+,53?,54?,55?,56?,59?,66-,67-,68-,69-,139?,140?,141?,142?/m1/s1. The highest BCUT2D eigenvalue weighted by molar-refractivity contribution is 8.08. The minimum Gasteiger partial charge on any atom is -0.394 e. The topological polar surface area (TPSA) is 814 Å². The van der Waals surface area contributed by atoms with Gasteiger partial charge in [0.15, 0.2) is 53.8 Å². The van der Waals surface area contributed by atoms with Crippen molar-refractivity contribution < 1.29 is 164 Å². The first-order chi connectivity index (χ1) is 69.3. The number of imidazole rings is 3. The molecule has 29 atom stereocenters. The van der Waals surface area contributed by atoms with Gasteiger partial charge < -0.3 is 156 Å². The van der Waals surface area contributed by atoms with E-state index in [1.165, 1.54) is 88.1 Å². The second-order valence-electron chi connectivity index (χ2n) is 33.1. The number of nitrogens with two attached hydrogens (primary N) is 4. The number of aliphatic imine (C=N–C) groups is 1. The fourth-order valence-electron chi connectivity index (χ4n) is 16.6. The molecule has 0 radical (unpaired) electrons. The number of rotatable bonds is 51. The number of anilines is 3. The zero-order valence-corrected chi connectivity index (χ0v) is 86.7. The van der Waals surface area contributed by atoms with E-state index in [-0.39, 0.29) is 116 Å². The van der Waals surface area contributed by atoms with Crippen molar-refractivity contribution in [2.75, 3.05) is 145 Å². The number of ether oxygens (including phenoxy) is 14. The van der Waals surface area contributed by atoms with E-state index < -0.39 is 264 Å². The predicted octanol–water partition coefficient (Wildman–Crippen LogP) is -2.61. The lowest BCUT2D eigenvalue weighted by atomic mass is 10.1. The van der Waals surface area contributed by atoms with Crippen LogP contribution in [-0.2, 0) is 177 Å². The molecule has 0 aliphatic carbocycles. The van der Waals surface area contributed by atoms with E-state index in [0.717, 1.165) is 45.9 Å². The quantitative estimate of drug-likeness (QED) is 0.0137. The van der Waals surface area contributed by atoms with Gasteiger partial charge >= 0.3 is 59.6 Å². The van der Waals surface area contributed by atoms with Crippen LogP contribution in [0.25, 0.3) is 22.3 Å². The SMILES string of the molecule is COCCOC1[C@@H](OP(=O)(O)OC[C@H]2O[C@@H](n3cnc4c(N)ncnc43)C(OCCOC)[C@H]2OP(=O)(O)OC[C@H]2O[C@@H](n3cnc4c(N)ncnc43)C(OCCOC)[C@H]2OP(O)(=S)OC[C@H]2O[C@@H](n3cc(C)c(=O)[nH]c3=O)C[C@H]2OP(O)(=S)OC[C@H]2O[C@@H](n3cnc4c3NC(N)=NC4N)C[C@H]2OP(O)(=S)OC)[C@@H](COP(O)(=S)O[C@@H]2C(OCCOC)[C@H](n3cc(C)c(=O)[nH]c3=O)O[C@@H]2CO)O[C@H]1n1cc(C)c(=O)[nH]c1=O. The fourth-order valence-corrected chi connectivity index (χ4v) is 23.8. The van der Waals surface area contributed by atoms with Crippen molar-refractivity contribution in [3.63, 3.8) is 0 Å². The molecule has 0 saturated carbocycles. The van der Waals surface area contributed by atoms with Crippen LogP contribution in [-0.4, -0.2) is 343 Å². The summed E-state index contributed by atoms with van der Waals surface area (Å²) in [5.41, 5.74) is 19.8. The zero-order valence-electron chi connectivity index (χ0n) is 78.1. The number of aliphatic hydroxyl groups is 1. The van der Waals surface area contributed by atoms with Crippen molar-refractivity contribution in [1.82, 2.24) is 77.2 Å². The smallest absolute Gasteiger partial charge is 0.394 e. The first kappa shape index (κ1) is 113. The van der Waals surface area contributed by atoms with Crippen molar-refractivity contribution in [3.05, 3.63) is 135 Å². The molecule has 7 aliphatic rings. The maximum absolute atomic E-state index is 15.5. The zero-order chi connectivity index (χ0) is 105. The molecule has 7 aliphatic heterocycles. The molecule has 0 bridgehead atoms. The molecule has 11 unspecified atom stereocenters. The molecular formula is C73H106N22O41P6S4. The summed E-state index contributed by atoms with van der Waals surface area (Å²) < 4.78 is 194. The number of aryl methyl sites for hydroxylation is 3. The summed E-state index contributed by atoms with van der Waals surface area (Å²) in [6.07, 6.45) is -27.4. The number of phosphoric ester groups is 2. The van der Waals surface area contributed by atoms with Crippen molar-refractivity contribution in [1.29, 1.82) is 0 Å². The van der Waals surface area contributed by atoms with Gasteiger partial charge in [0.25, 0.3) is 16.7 Å². The third kappa shape index (κ3) is 26.5. The number of fused-ring (bicyclic) bond motifs is 3. The highest BCUT2D eigenvalue weighted by Crippen LogP contribution is 2.59. The Morgan fingerprint density at radius 1 is 0.411 bits per heavy atom. The molecule has 15 heterocycles. The molecule has 0 amide bonds. The van der Waals surface area contributed by atoms with Gasteiger partial charge in [-0.05, 0) is 68.0 Å². The Hall–Kier alpha value is -7.08. The molecular weight excluding hydrogens is 2160 g/mol. The largest absolute Gasteiger partial charge is 0.472 e. The Bertz CT molecular complexity index is 6690. The molecule has 63 nitrogen and oxygen atoms in total. The normalized spacial score (nSPS) is 29.9. The Balaban J connectivity index is 0.711. The van der Waals surface area contributed by atoms with Crippen LogP contribution in [0.3, 0.4) is 0 Å². The number of nitrogens with one attached hydrogen (secondary N) is 4. The van der Waals surface area contributed by atoms with E-state index in [4.69, 9.17) is 191 Å². The number of H-pyrrole nitrogens is 3. The first-order valence-electron chi connectivity index (χ1n) is 43.9. The number of hydrogen-bond acceptors (Lipinski definition) is 52. The van der Waals surface area contributed by atoms with E-state index >= 15 is 9.13 Å². The van der Waals surface area contributed by atoms with Gasteiger partial charge in [0, 0.05) is 83.7 Å². The maximum atomic E-state index is 15.5. The number of aromatic nitrogens is 16. The highest BCUT2D eigenvalue weighted by atomic mass is 32.5. The number of guanidine groups is 1. The van der Waals surface area contributed by atoms with Crippen LogP contribution in [0.1, 0.15) is 78.8 Å². The van der Waals surface area contributed by atoms with Gasteiger partial charge in [0.2, 0.25) is 0 Å². The molecule has 0 aromatic carbocycles. The van der Waals surface area contributed by atoms with E-state index in [0.29, 0.717) is 11.5 Å². The lowest BCUT2D eigenvalue weighted by Gasteiger charge is -2.30. The van der Waals surface area contributed by atoms with Crippen molar-refractivity contribution in [2.24, 2.45) is 16.5 Å². The predicted molar refractivity (Wildman–Crippen MR) is 510 cm³/mol. The highest BCUT2D eigenvalue weighted by Gasteiger charge is 2.58. The van der Waals surface area contributed by atoms with Crippen molar-refractivity contribution in [3.8, 4) is 0 Å². The molecule has 146 heavy (non-hydrogen) atoms. The Kier molecular flexibility index (Phi) is 37.2. The fraction of sp³-hybridized carbons (Fsp3) is 0.644. The molecule has 6 fully saturated rings. The number of aliphatic hydroxyl groups excluding tert-OH is 1. The van der Waals surface area contributed by atoms with E-state index in [1.54, 1.807) is 0 Å². The van der Waals surface area contributed by atoms with E-state index in [2.05, 4.69) is 60.1 Å². The molecule has 8 aromatic heterocycles. The summed E-state index contributed by atoms with van der Waals surface area (Å²) in [7, 11) is -5.33. The average molecular weight is 2260 g/mol. The number of methoxy groups -OCH3 is 4. The molecule has 19 N–H and O–H groups in total. The molecule has 0 spiro atoms. The van der Waals surface area contributed by atoms with Gasteiger partial charge in [-0.3, -0.25) is 83.9 Å². The summed E-state index contributed by atoms with van der Waals surface area (Å²) in [5.74, 6) is 0.0219. The number of hydrogen-bond donors (Lipinski definition) is 15. The monoisotopic (exact) mass is 2260 g/mol. The van der Waals surface area contributed by atoms with Gasteiger partial charge in [-0.2, -0.15) is 0 Å². The molecule has 15 rings (SSSR count). The molecule has 6 saturated heterocycles. The third-order valence-corrected chi connectivity index (χ3v) is 31.8. The van der Waals surface area contributed by atoms with Gasteiger partial charge in [0.05, 0.1) is 124 Å². The Labute approximate surface area is 843 Å². The van der Waals surface area contributed by atoms with Gasteiger partial charge in [-0.1, -0.05) is 0 Å². The van der Waals surface area contributed by atoms with Crippen LogP contribution in [0.15, 0.2) is 84.0 Å². The minimum atomic E-state index is -5.89. The number of nitrogen functional groups attached to an aromatic ring is 2. The van der Waals surface area contributed by atoms with Crippen molar-refractivity contribution in [2.45, 2.75) is 175 Å². The summed E-state index contributed by atoms with van der Waals surface area (Å²) in [6, 6.07) is 0. The van der Waals surface area contributed by atoms with Crippen LogP contribution in [0.5, 0.6) is 0 Å². The molecule has 808 valence electrons. The second-order valence-corrected chi connectivity index (χ2v) is 47.2. The summed E-state index contributed by atoms with van der Waals surface area (Å²) in [5, 5.41) is 13.6. The number of aromatic amines is 3. The molecule has 73 heteroatoms. The lowest BCUT2D eigenvalue weighted by Crippen LogP contribution is -2.42. The Morgan fingerprint density at radius 3 is 1.16 bits per heavy atom. The summed E-state index contributed by atoms with van der Waals surface area (Å²) >= 11 is 22.2. The number of nitrogens with zero attached hydrogens (tertiary/aromatic N) is 14. The van der Waals surface area contributed by atoms with E-state index in [1.807, 2.05) is 0 Å². The first-order valence-corrected chi connectivity index (χ1v) is 57.3. The molecule has 8 aromatic rings. The Morgan fingerprint density at radius 2 is 0.753 bits per heavy atom. The van der Waals surface area contributed by atoms with Crippen LogP contribution in [0.2, 0.25) is 0 Å².